The molecule has 1 unspecified atom stereocenters. The van der Waals surface area contributed by atoms with Gasteiger partial charge in [0.25, 0.3) is 0 Å². The Bertz CT molecular complexity index is 327. The van der Waals surface area contributed by atoms with Crippen molar-refractivity contribution in [3.63, 3.8) is 0 Å². The highest BCUT2D eigenvalue weighted by Crippen LogP contribution is 2.34. The van der Waals surface area contributed by atoms with Crippen LogP contribution in [0.5, 0.6) is 0 Å². The molecule has 18 heavy (non-hydrogen) atoms. The summed E-state index contributed by atoms with van der Waals surface area (Å²) in [5, 5.41) is 3.79. The van der Waals surface area contributed by atoms with Crippen LogP contribution >= 0.6 is 0 Å². The standard InChI is InChI=1S/C17H27N/c1-14(2)8-11-17(16-9-10-16)18-13-12-15-6-4-3-5-7-15/h3-7,14,16-18H,8-13H2,1-2H3. The van der Waals surface area contributed by atoms with Gasteiger partial charge in [0.2, 0.25) is 0 Å². The molecule has 1 aromatic rings. The van der Waals surface area contributed by atoms with E-state index in [1.165, 1.54) is 31.2 Å². The molecule has 0 aromatic heterocycles. The minimum Gasteiger partial charge on any atom is -0.313 e. The molecule has 100 valence electrons. The largest absolute Gasteiger partial charge is 0.313 e. The van der Waals surface area contributed by atoms with Crippen LogP contribution in [0.2, 0.25) is 0 Å². The van der Waals surface area contributed by atoms with E-state index in [1.54, 1.807) is 0 Å². The molecule has 1 aliphatic rings. The molecule has 0 bridgehead atoms. The average Bonchev–Trinajstić information content (AvgIpc) is 3.19. The maximum Gasteiger partial charge on any atom is 0.00955 e. The van der Waals surface area contributed by atoms with Crippen molar-refractivity contribution in [3.05, 3.63) is 35.9 Å². The molecule has 1 fully saturated rings. The molecule has 0 saturated heterocycles. The van der Waals surface area contributed by atoms with Crippen LogP contribution < -0.4 is 5.32 Å². The molecule has 2 rings (SSSR count). The minimum absolute atomic E-state index is 0.774. The van der Waals surface area contributed by atoms with Crippen LogP contribution in [-0.4, -0.2) is 12.6 Å². The first-order valence-corrected chi connectivity index (χ1v) is 7.53. The van der Waals surface area contributed by atoms with Gasteiger partial charge in [0.05, 0.1) is 0 Å². The van der Waals surface area contributed by atoms with Crippen LogP contribution in [0.3, 0.4) is 0 Å². The van der Waals surface area contributed by atoms with E-state index in [-0.39, 0.29) is 0 Å². The average molecular weight is 245 g/mol. The van der Waals surface area contributed by atoms with Crippen LogP contribution in [0.1, 0.15) is 45.1 Å². The number of benzene rings is 1. The highest BCUT2D eigenvalue weighted by atomic mass is 14.9. The second-order valence-corrected chi connectivity index (χ2v) is 6.10. The number of rotatable bonds is 8. The van der Waals surface area contributed by atoms with Crippen LogP contribution in [0, 0.1) is 11.8 Å². The number of hydrogen-bond acceptors (Lipinski definition) is 1. The van der Waals surface area contributed by atoms with E-state index in [9.17, 15) is 0 Å². The number of nitrogens with one attached hydrogen (secondary N) is 1. The third kappa shape index (κ3) is 4.81. The van der Waals surface area contributed by atoms with Crippen molar-refractivity contribution in [2.24, 2.45) is 11.8 Å². The summed E-state index contributed by atoms with van der Waals surface area (Å²) in [4.78, 5) is 0. The topological polar surface area (TPSA) is 12.0 Å². The maximum absolute atomic E-state index is 3.79. The highest BCUT2D eigenvalue weighted by molar-refractivity contribution is 5.14. The predicted octanol–water partition coefficient (Wildman–Crippen LogP) is 4.03. The molecule has 0 spiro atoms. The fourth-order valence-electron chi connectivity index (χ4n) is 2.56. The Hall–Kier alpha value is -0.820. The molecule has 1 atom stereocenters. The van der Waals surface area contributed by atoms with Crippen molar-refractivity contribution in [1.29, 1.82) is 0 Å². The predicted molar refractivity (Wildman–Crippen MR) is 78.7 cm³/mol. The SMILES string of the molecule is CC(C)CCC(NCCc1ccccc1)C1CC1. The Morgan fingerprint density at radius 3 is 2.44 bits per heavy atom. The van der Waals surface area contributed by atoms with Gasteiger partial charge in [-0.05, 0) is 56.0 Å². The Morgan fingerprint density at radius 1 is 1.11 bits per heavy atom. The van der Waals surface area contributed by atoms with Crippen LogP contribution in [0.15, 0.2) is 30.3 Å². The quantitative estimate of drug-likeness (QED) is 0.729. The van der Waals surface area contributed by atoms with Gasteiger partial charge in [-0.25, -0.2) is 0 Å². The monoisotopic (exact) mass is 245 g/mol. The van der Waals surface area contributed by atoms with Crippen molar-refractivity contribution in [2.75, 3.05) is 6.54 Å². The fourth-order valence-corrected chi connectivity index (χ4v) is 2.56. The molecule has 0 radical (unpaired) electrons. The first-order valence-electron chi connectivity index (χ1n) is 7.53. The van der Waals surface area contributed by atoms with Crippen molar-refractivity contribution < 1.29 is 0 Å². The van der Waals surface area contributed by atoms with Crippen LogP contribution in [-0.2, 0) is 6.42 Å². The van der Waals surface area contributed by atoms with Gasteiger partial charge in [0.1, 0.15) is 0 Å². The van der Waals surface area contributed by atoms with Crippen molar-refractivity contribution in [2.45, 2.75) is 52.0 Å². The second kappa shape index (κ2) is 6.94. The van der Waals surface area contributed by atoms with Crippen LogP contribution in [0.25, 0.3) is 0 Å². The number of hydrogen-bond donors (Lipinski definition) is 1. The summed E-state index contributed by atoms with van der Waals surface area (Å²) < 4.78 is 0. The Balaban J connectivity index is 1.69. The van der Waals surface area contributed by atoms with Gasteiger partial charge in [-0.1, -0.05) is 44.2 Å². The molecule has 1 nitrogen and oxygen atoms in total. The molecule has 1 saturated carbocycles. The zero-order valence-electron chi connectivity index (χ0n) is 11.9. The lowest BCUT2D eigenvalue weighted by Gasteiger charge is -2.19. The summed E-state index contributed by atoms with van der Waals surface area (Å²) in [6.07, 6.45) is 6.77. The van der Waals surface area contributed by atoms with Gasteiger partial charge in [-0.3, -0.25) is 0 Å². The summed E-state index contributed by atoms with van der Waals surface area (Å²) in [5.74, 6) is 1.81. The van der Waals surface area contributed by atoms with Crippen molar-refractivity contribution >= 4 is 0 Å². The van der Waals surface area contributed by atoms with Gasteiger partial charge in [-0.15, -0.1) is 0 Å². The van der Waals surface area contributed by atoms with E-state index < -0.39 is 0 Å². The summed E-state index contributed by atoms with van der Waals surface area (Å²) in [5.41, 5.74) is 1.45. The molecule has 1 aliphatic carbocycles. The fraction of sp³-hybridized carbons (Fsp3) is 0.647. The zero-order chi connectivity index (χ0) is 12.8. The summed E-state index contributed by atoms with van der Waals surface area (Å²) in [6, 6.07) is 11.6. The molecule has 0 amide bonds. The van der Waals surface area contributed by atoms with Gasteiger partial charge in [0.15, 0.2) is 0 Å². The molecule has 1 heteroatoms. The Kier molecular flexibility index (Phi) is 5.25. The normalized spacial score (nSPS) is 17.1. The third-order valence-electron chi connectivity index (χ3n) is 3.91. The van der Waals surface area contributed by atoms with E-state index >= 15 is 0 Å². The van der Waals surface area contributed by atoms with E-state index in [1.807, 2.05) is 0 Å². The molecule has 1 aromatic carbocycles. The van der Waals surface area contributed by atoms with Gasteiger partial charge in [0, 0.05) is 6.04 Å². The van der Waals surface area contributed by atoms with E-state index in [2.05, 4.69) is 49.5 Å². The minimum atomic E-state index is 0.774. The first-order chi connectivity index (χ1) is 8.75. The van der Waals surface area contributed by atoms with Gasteiger partial charge in [-0.2, -0.15) is 0 Å². The molecule has 0 aliphatic heterocycles. The third-order valence-corrected chi connectivity index (χ3v) is 3.91. The van der Waals surface area contributed by atoms with E-state index in [4.69, 9.17) is 0 Å². The van der Waals surface area contributed by atoms with Gasteiger partial charge >= 0.3 is 0 Å². The lowest BCUT2D eigenvalue weighted by molar-refractivity contribution is 0.398. The summed E-state index contributed by atoms with van der Waals surface area (Å²) in [6.45, 7) is 5.78. The van der Waals surface area contributed by atoms with Crippen molar-refractivity contribution in [1.82, 2.24) is 5.32 Å². The first kappa shape index (κ1) is 13.6. The van der Waals surface area contributed by atoms with E-state index in [0.29, 0.717) is 0 Å². The van der Waals surface area contributed by atoms with Crippen molar-refractivity contribution in [3.8, 4) is 0 Å². The smallest absolute Gasteiger partial charge is 0.00955 e. The second-order valence-electron chi connectivity index (χ2n) is 6.10. The van der Waals surface area contributed by atoms with E-state index in [0.717, 1.165) is 30.8 Å². The Labute approximate surface area is 112 Å². The Morgan fingerprint density at radius 2 is 1.83 bits per heavy atom. The maximum atomic E-state index is 3.79. The summed E-state index contributed by atoms with van der Waals surface area (Å²) >= 11 is 0. The lowest BCUT2D eigenvalue weighted by atomic mass is 10.00. The lowest BCUT2D eigenvalue weighted by Crippen LogP contribution is -2.33. The molecule has 1 N–H and O–H groups in total. The molecule has 0 heterocycles. The zero-order valence-corrected chi connectivity index (χ0v) is 11.9. The van der Waals surface area contributed by atoms with Gasteiger partial charge < -0.3 is 5.32 Å². The molecular formula is C17H27N. The highest BCUT2D eigenvalue weighted by Gasteiger charge is 2.30. The summed E-state index contributed by atoms with van der Waals surface area (Å²) in [7, 11) is 0. The molecular weight excluding hydrogens is 218 g/mol. The van der Waals surface area contributed by atoms with Crippen LogP contribution in [0.4, 0.5) is 0 Å².